The molecular formula is C20H21FN2O3S. The van der Waals surface area contributed by atoms with E-state index < -0.39 is 27.7 Å². The first kappa shape index (κ1) is 18.0. The fourth-order valence-corrected chi connectivity index (χ4v) is 6.11. The maximum absolute atomic E-state index is 14.1. The van der Waals surface area contributed by atoms with Gasteiger partial charge in [0, 0.05) is 11.3 Å². The standard InChI is InChI=1S/C20H21FN2O3S/c1-13-7-14(2)9-16(8-13)23-19-12-27(25,26)11-18(19)22(20(23)24)10-15-5-3-4-6-17(15)21/h3-9,18-19H,10-12H2,1-2H3/t18-,19-/m0/s1. The Morgan fingerprint density at radius 1 is 1.04 bits per heavy atom. The van der Waals surface area contributed by atoms with Crippen LogP contribution in [0, 0.1) is 19.7 Å². The molecule has 0 bridgehead atoms. The van der Waals surface area contributed by atoms with Gasteiger partial charge in [0.15, 0.2) is 9.84 Å². The van der Waals surface area contributed by atoms with Crippen molar-refractivity contribution in [1.29, 1.82) is 0 Å². The summed E-state index contributed by atoms with van der Waals surface area (Å²) in [5.74, 6) is -0.545. The molecule has 0 aromatic heterocycles. The van der Waals surface area contributed by atoms with E-state index in [1.807, 2.05) is 32.0 Å². The van der Waals surface area contributed by atoms with Gasteiger partial charge in [-0.25, -0.2) is 17.6 Å². The Kier molecular flexibility index (Phi) is 4.22. The molecule has 2 aromatic rings. The highest BCUT2D eigenvalue weighted by Crippen LogP contribution is 2.36. The van der Waals surface area contributed by atoms with Crippen LogP contribution in [0.3, 0.4) is 0 Å². The predicted molar refractivity (Wildman–Crippen MR) is 102 cm³/mol. The number of carbonyl (C=O) groups excluding carboxylic acids is 1. The smallest absolute Gasteiger partial charge is 0.314 e. The number of amides is 2. The minimum Gasteiger partial charge on any atom is -0.314 e. The molecular weight excluding hydrogens is 367 g/mol. The van der Waals surface area contributed by atoms with E-state index in [0.29, 0.717) is 11.3 Å². The number of hydrogen-bond donors (Lipinski definition) is 0. The largest absolute Gasteiger partial charge is 0.325 e. The minimum atomic E-state index is -3.25. The van der Waals surface area contributed by atoms with Gasteiger partial charge in [-0.05, 0) is 43.2 Å². The molecule has 2 amide bonds. The topological polar surface area (TPSA) is 57.7 Å². The number of hydrogen-bond acceptors (Lipinski definition) is 3. The predicted octanol–water partition coefficient (Wildman–Crippen LogP) is 3.05. The number of urea groups is 1. The lowest BCUT2D eigenvalue weighted by molar-refractivity contribution is 0.205. The van der Waals surface area contributed by atoms with Crippen LogP contribution in [-0.2, 0) is 16.4 Å². The van der Waals surface area contributed by atoms with E-state index in [0.717, 1.165) is 11.1 Å². The van der Waals surface area contributed by atoms with Crippen molar-refractivity contribution in [3.63, 3.8) is 0 Å². The molecule has 0 N–H and O–H groups in total. The molecule has 2 saturated heterocycles. The Bertz CT molecular complexity index is 1000. The van der Waals surface area contributed by atoms with E-state index in [1.165, 1.54) is 11.0 Å². The maximum atomic E-state index is 14.1. The molecule has 7 heteroatoms. The average Bonchev–Trinajstić information content (AvgIpc) is 2.99. The maximum Gasteiger partial charge on any atom is 0.325 e. The molecule has 2 heterocycles. The van der Waals surface area contributed by atoms with Gasteiger partial charge in [-0.1, -0.05) is 24.3 Å². The first-order chi connectivity index (χ1) is 12.7. The van der Waals surface area contributed by atoms with E-state index in [1.54, 1.807) is 23.1 Å². The van der Waals surface area contributed by atoms with Crippen LogP contribution < -0.4 is 4.90 Å². The van der Waals surface area contributed by atoms with Crippen LogP contribution in [0.2, 0.25) is 0 Å². The van der Waals surface area contributed by atoms with Gasteiger partial charge < -0.3 is 4.90 Å². The lowest BCUT2D eigenvalue weighted by Gasteiger charge is -2.23. The fourth-order valence-electron chi connectivity index (χ4n) is 4.16. The zero-order chi connectivity index (χ0) is 19.3. The number of sulfone groups is 1. The van der Waals surface area contributed by atoms with Crippen molar-refractivity contribution in [2.24, 2.45) is 0 Å². The van der Waals surface area contributed by atoms with Crippen molar-refractivity contribution in [2.45, 2.75) is 32.5 Å². The SMILES string of the molecule is Cc1cc(C)cc(N2C(=O)N(Cc3ccccc3F)[C@H]3CS(=O)(=O)C[C@@H]32)c1. The quantitative estimate of drug-likeness (QED) is 0.760. The zero-order valence-electron chi connectivity index (χ0n) is 15.2. The number of fused-ring (bicyclic) bond motifs is 1. The second kappa shape index (κ2) is 6.34. The molecule has 0 radical (unpaired) electrons. The Hall–Kier alpha value is -2.41. The number of benzene rings is 2. The average molecular weight is 388 g/mol. The Labute approximate surface area is 158 Å². The van der Waals surface area contributed by atoms with Crippen molar-refractivity contribution >= 4 is 21.6 Å². The van der Waals surface area contributed by atoms with Gasteiger partial charge in [-0.2, -0.15) is 0 Å². The van der Waals surface area contributed by atoms with Gasteiger partial charge in [0.25, 0.3) is 0 Å². The Balaban J connectivity index is 1.75. The highest BCUT2D eigenvalue weighted by Gasteiger charge is 2.53. The third-order valence-electron chi connectivity index (χ3n) is 5.26. The van der Waals surface area contributed by atoms with Crippen molar-refractivity contribution in [3.8, 4) is 0 Å². The highest BCUT2D eigenvalue weighted by atomic mass is 32.2. The van der Waals surface area contributed by atoms with E-state index in [-0.39, 0.29) is 24.1 Å². The Morgan fingerprint density at radius 3 is 2.33 bits per heavy atom. The van der Waals surface area contributed by atoms with Crippen LogP contribution in [0.4, 0.5) is 14.9 Å². The van der Waals surface area contributed by atoms with Crippen LogP contribution in [0.5, 0.6) is 0 Å². The second-order valence-corrected chi connectivity index (χ2v) is 9.58. The monoisotopic (exact) mass is 388 g/mol. The summed E-state index contributed by atoms with van der Waals surface area (Å²) >= 11 is 0. The van der Waals surface area contributed by atoms with E-state index >= 15 is 0 Å². The number of aryl methyl sites for hydroxylation is 2. The molecule has 4 rings (SSSR count). The molecule has 0 unspecified atom stereocenters. The van der Waals surface area contributed by atoms with Gasteiger partial charge in [0.1, 0.15) is 5.82 Å². The van der Waals surface area contributed by atoms with Gasteiger partial charge >= 0.3 is 6.03 Å². The number of halogens is 1. The molecule has 2 aromatic carbocycles. The summed E-state index contributed by atoms with van der Waals surface area (Å²) in [4.78, 5) is 16.3. The molecule has 0 saturated carbocycles. The number of nitrogens with zero attached hydrogens (tertiary/aromatic N) is 2. The van der Waals surface area contributed by atoms with Crippen molar-refractivity contribution < 1.29 is 17.6 Å². The van der Waals surface area contributed by atoms with Crippen molar-refractivity contribution in [2.75, 3.05) is 16.4 Å². The lowest BCUT2D eigenvalue weighted by Crippen LogP contribution is -2.37. The summed E-state index contributed by atoms with van der Waals surface area (Å²) in [7, 11) is -3.25. The third-order valence-corrected chi connectivity index (χ3v) is 6.96. The first-order valence-electron chi connectivity index (χ1n) is 8.87. The van der Waals surface area contributed by atoms with Gasteiger partial charge in [-0.3, -0.25) is 4.90 Å². The number of carbonyl (C=O) groups is 1. The zero-order valence-corrected chi connectivity index (χ0v) is 16.0. The summed E-state index contributed by atoms with van der Waals surface area (Å²) in [6.07, 6.45) is 0. The first-order valence-corrected chi connectivity index (χ1v) is 10.7. The Morgan fingerprint density at radius 2 is 1.67 bits per heavy atom. The summed E-state index contributed by atoms with van der Waals surface area (Å²) in [5.41, 5.74) is 3.09. The molecule has 2 atom stereocenters. The fraction of sp³-hybridized carbons (Fsp3) is 0.350. The molecule has 2 aliphatic rings. The molecule has 0 aliphatic carbocycles. The third kappa shape index (κ3) is 3.20. The summed E-state index contributed by atoms with van der Waals surface area (Å²) < 4.78 is 38.7. The van der Waals surface area contributed by atoms with Gasteiger partial charge in [0.05, 0.1) is 30.1 Å². The van der Waals surface area contributed by atoms with Crippen LogP contribution in [0.1, 0.15) is 16.7 Å². The minimum absolute atomic E-state index is 0.0590. The highest BCUT2D eigenvalue weighted by molar-refractivity contribution is 7.91. The molecule has 2 fully saturated rings. The number of anilines is 1. The van der Waals surface area contributed by atoms with Crippen molar-refractivity contribution in [3.05, 3.63) is 65.0 Å². The van der Waals surface area contributed by atoms with Crippen LogP contribution in [-0.4, -0.2) is 42.9 Å². The molecule has 0 spiro atoms. The molecule has 142 valence electrons. The van der Waals surface area contributed by atoms with Crippen LogP contribution >= 0.6 is 0 Å². The van der Waals surface area contributed by atoms with Crippen LogP contribution in [0.15, 0.2) is 42.5 Å². The molecule has 27 heavy (non-hydrogen) atoms. The lowest BCUT2D eigenvalue weighted by atomic mass is 10.1. The van der Waals surface area contributed by atoms with Crippen LogP contribution in [0.25, 0.3) is 0 Å². The summed E-state index contributed by atoms with van der Waals surface area (Å²) in [6.45, 7) is 3.94. The van der Waals surface area contributed by atoms with E-state index in [4.69, 9.17) is 0 Å². The molecule has 5 nitrogen and oxygen atoms in total. The number of rotatable bonds is 3. The summed E-state index contributed by atoms with van der Waals surface area (Å²) in [6, 6.07) is 10.9. The van der Waals surface area contributed by atoms with E-state index in [9.17, 15) is 17.6 Å². The second-order valence-electron chi connectivity index (χ2n) is 7.43. The normalized spacial score (nSPS) is 23.7. The van der Waals surface area contributed by atoms with E-state index in [2.05, 4.69) is 0 Å². The van der Waals surface area contributed by atoms with Crippen molar-refractivity contribution in [1.82, 2.24) is 4.90 Å². The van der Waals surface area contributed by atoms with Gasteiger partial charge in [-0.15, -0.1) is 0 Å². The van der Waals surface area contributed by atoms with Gasteiger partial charge in [0.2, 0.25) is 0 Å². The molecule has 2 aliphatic heterocycles. The summed E-state index contributed by atoms with van der Waals surface area (Å²) in [5, 5.41) is 0.